The Morgan fingerprint density at radius 1 is 1.27 bits per heavy atom. The number of anilines is 1. The van der Waals surface area contributed by atoms with Crippen LogP contribution in [0.5, 0.6) is 11.5 Å². The third-order valence-corrected chi connectivity index (χ3v) is 4.18. The van der Waals surface area contributed by atoms with E-state index in [0.717, 1.165) is 5.69 Å². The van der Waals surface area contributed by atoms with Gasteiger partial charge in [-0.2, -0.15) is 0 Å². The van der Waals surface area contributed by atoms with Crippen molar-refractivity contribution in [1.29, 1.82) is 0 Å². The summed E-state index contributed by atoms with van der Waals surface area (Å²) >= 11 is 0. The first-order valence-corrected chi connectivity index (χ1v) is 8.32. The number of carbonyl (C=O) groups is 1. The van der Waals surface area contributed by atoms with Crippen LogP contribution in [-0.4, -0.2) is 23.9 Å². The molecule has 26 heavy (non-hydrogen) atoms. The second-order valence-corrected chi connectivity index (χ2v) is 6.36. The average molecular weight is 356 g/mol. The molecule has 0 bridgehead atoms. The van der Waals surface area contributed by atoms with E-state index >= 15 is 0 Å². The topological polar surface area (TPSA) is 90.7 Å². The molecule has 1 aliphatic rings. The van der Waals surface area contributed by atoms with Gasteiger partial charge in [0.15, 0.2) is 11.5 Å². The van der Waals surface area contributed by atoms with Crippen molar-refractivity contribution in [2.24, 2.45) is 0 Å². The number of nitrogens with one attached hydrogen (secondary N) is 1. The van der Waals surface area contributed by atoms with Crippen molar-refractivity contribution in [2.45, 2.75) is 32.4 Å². The van der Waals surface area contributed by atoms with E-state index in [4.69, 9.17) is 9.47 Å². The highest BCUT2D eigenvalue weighted by atomic mass is 16.6. The number of Topliss-reactive ketones (excluding diaryl/α,β-unsaturated/α-hetero) is 1. The van der Waals surface area contributed by atoms with Gasteiger partial charge in [0.1, 0.15) is 0 Å². The zero-order chi connectivity index (χ0) is 18.8. The van der Waals surface area contributed by atoms with Gasteiger partial charge in [-0.3, -0.25) is 14.9 Å². The highest BCUT2D eigenvalue weighted by molar-refractivity contribution is 6.03. The number of nitro benzene ring substituents is 1. The lowest BCUT2D eigenvalue weighted by molar-refractivity contribution is -0.386. The molecule has 0 fully saturated rings. The quantitative estimate of drug-likeness (QED) is 0.640. The van der Waals surface area contributed by atoms with Gasteiger partial charge in [-0.05, 0) is 37.6 Å². The Morgan fingerprint density at radius 3 is 2.65 bits per heavy atom. The molecule has 0 aliphatic carbocycles. The second-order valence-electron chi connectivity index (χ2n) is 6.36. The fourth-order valence-electron chi connectivity index (χ4n) is 3.04. The maximum absolute atomic E-state index is 12.4. The van der Waals surface area contributed by atoms with Gasteiger partial charge in [-0.1, -0.05) is 12.1 Å². The molecule has 2 aromatic carbocycles. The number of fused-ring (bicyclic) bond motifs is 1. The largest absolute Gasteiger partial charge is 0.493 e. The minimum Gasteiger partial charge on any atom is -0.493 e. The van der Waals surface area contributed by atoms with Crippen LogP contribution < -0.4 is 14.8 Å². The Kier molecular flexibility index (Phi) is 4.79. The summed E-state index contributed by atoms with van der Waals surface area (Å²) in [5, 5.41) is 14.8. The van der Waals surface area contributed by atoms with Gasteiger partial charge in [0.25, 0.3) is 0 Å². The molecule has 0 radical (unpaired) electrons. The first-order valence-electron chi connectivity index (χ1n) is 8.32. The Labute approximate surface area is 151 Å². The Bertz CT molecular complexity index is 863. The van der Waals surface area contributed by atoms with Crippen LogP contribution in [0, 0.1) is 10.1 Å². The molecule has 0 spiro atoms. The number of carbonyl (C=O) groups excluding carboxylic acids is 1. The first kappa shape index (κ1) is 17.7. The molecule has 2 aromatic rings. The zero-order valence-corrected chi connectivity index (χ0v) is 14.8. The van der Waals surface area contributed by atoms with Gasteiger partial charge < -0.3 is 14.8 Å². The number of methoxy groups -OCH3 is 1. The summed E-state index contributed by atoms with van der Waals surface area (Å²) in [6.45, 7) is 3.57. The normalized spacial score (nSPS) is 16.0. The van der Waals surface area contributed by atoms with Crippen molar-refractivity contribution in [2.75, 3.05) is 12.4 Å². The average Bonchev–Trinajstić information content (AvgIpc) is 2.61. The number of hydrogen-bond donors (Lipinski definition) is 1. The fraction of sp³-hybridized carbons (Fsp3) is 0.316. The molecule has 0 saturated carbocycles. The van der Waals surface area contributed by atoms with Gasteiger partial charge in [0.2, 0.25) is 5.75 Å². The summed E-state index contributed by atoms with van der Waals surface area (Å²) in [5.74, 6) is 0.364. The molecule has 0 aromatic heterocycles. The van der Waals surface area contributed by atoms with E-state index in [9.17, 15) is 14.9 Å². The third kappa shape index (κ3) is 3.33. The van der Waals surface area contributed by atoms with Gasteiger partial charge in [0.05, 0.1) is 24.2 Å². The van der Waals surface area contributed by atoms with Crippen LogP contribution in [0.25, 0.3) is 0 Å². The number of ketones is 1. The Balaban J connectivity index is 2.05. The Morgan fingerprint density at radius 2 is 2.00 bits per heavy atom. The molecule has 3 rings (SSSR count). The van der Waals surface area contributed by atoms with Gasteiger partial charge in [0, 0.05) is 23.7 Å². The number of rotatable bonds is 5. The summed E-state index contributed by atoms with van der Waals surface area (Å²) in [5.41, 5.74) is 1.77. The summed E-state index contributed by atoms with van der Waals surface area (Å²) in [4.78, 5) is 23.5. The molecule has 136 valence electrons. The molecule has 0 saturated heterocycles. The maximum Gasteiger partial charge on any atom is 0.315 e. The van der Waals surface area contributed by atoms with E-state index in [1.807, 2.05) is 18.2 Å². The maximum atomic E-state index is 12.4. The van der Waals surface area contributed by atoms with Crippen molar-refractivity contribution < 1.29 is 19.2 Å². The van der Waals surface area contributed by atoms with Crippen molar-refractivity contribution >= 4 is 17.2 Å². The van der Waals surface area contributed by atoms with Crippen molar-refractivity contribution in [3.63, 3.8) is 0 Å². The zero-order valence-electron chi connectivity index (χ0n) is 14.8. The van der Waals surface area contributed by atoms with Gasteiger partial charge >= 0.3 is 5.69 Å². The summed E-state index contributed by atoms with van der Waals surface area (Å²) in [6, 6.07) is 9.99. The lowest BCUT2D eigenvalue weighted by atomic mass is 9.92. The van der Waals surface area contributed by atoms with Crippen LogP contribution in [0.15, 0.2) is 36.4 Å². The van der Waals surface area contributed by atoms with Gasteiger partial charge in [-0.25, -0.2) is 0 Å². The molecule has 1 N–H and O–H groups in total. The molecule has 1 aliphatic heterocycles. The predicted octanol–water partition coefficient (Wildman–Crippen LogP) is 4.13. The third-order valence-electron chi connectivity index (χ3n) is 4.18. The molecule has 1 unspecified atom stereocenters. The monoisotopic (exact) mass is 356 g/mol. The van der Waals surface area contributed by atoms with Gasteiger partial charge in [-0.15, -0.1) is 0 Å². The van der Waals surface area contributed by atoms with Crippen molar-refractivity contribution in [3.05, 3.63) is 57.6 Å². The SMILES string of the molecule is COc1cc(C2CC(=O)c3ccccc3N2)cc([N+](=O)[O-])c1OC(C)C. The Hall–Kier alpha value is -3.09. The molecule has 1 heterocycles. The number of nitro groups is 1. The smallest absolute Gasteiger partial charge is 0.315 e. The molecule has 1 atom stereocenters. The molecule has 7 nitrogen and oxygen atoms in total. The van der Waals surface area contributed by atoms with E-state index in [-0.39, 0.29) is 41.5 Å². The van der Waals surface area contributed by atoms with Crippen LogP contribution in [0.4, 0.5) is 11.4 Å². The number of hydrogen-bond acceptors (Lipinski definition) is 6. The van der Waals surface area contributed by atoms with E-state index in [0.29, 0.717) is 11.1 Å². The molecule has 7 heteroatoms. The van der Waals surface area contributed by atoms with Crippen LogP contribution in [0.3, 0.4) is 0 Å². The minimum atomic E-state index is -0.498. The standard InChI is InChI=1S/C19H20N2O5/c1-11(2)26-19-16(21(23)24)8-12(9-18(19)25-3)15-10-17(22)13-6-4-5-7-14(13)20-15/h4-9,11,15,20H,10H2,1-3H3. The predicted molar refractivity (Wildman–Crippen MR) is 97.2 cm³/mol. The van der Waals surface area contributed by atoms with Crippen LogP contribution >= 0.6 is 0 Å². The second kappa shape index (κ2) is 7.03. The lowest BCUT2D eigenvalue weighted by Crippen LogP contribution is -2.23. The number of para-hydroxylation sites is 1. The van der Waals surface area contributed by atoms with Crippen LogP contribution in [0.1, 0.15) is 42.2 Å². The highest BCUT2D eigenvalue weighted by Gasteiger charge is 2.30. The lowest BCUT2D eigenvalue weighted by Gasteiger charge is -2.27. The van der Waals surface area contributed by atoms with E-state index in [2.05, 4.69) is 5.32 Å². The minimum absolute atomic E-state index is 0.00604. The molecular formula is C19H20N2O5. The first-order chi connectivity index (χ1) is 12.4. The summed E-state index contributed by atoms with van der Waals surface area (Å²) in [7, 11) is 1.44. The van der Waals surface area contributed by atoms with Crippen molar-refractivity contribution in [3.8, 4) is 11.5 Å². The van der Waals surface area contributed by atoms with E-state index < -0.39 is 4.92 Å². The van der Waals surface area contributed by atoms with E-state index in [1.165, 1.54) is 13.2 Å². The molecule has 0 amide bonds. The van der Waals surface area contributed by atoms with Crippen LogP contribution in [-0.2, 0) is 0 Å². The summed E-state index contributed by atoms with van der Waals surface area (Å²) < 4.78 is 10.9. The highest BCUT2D eigenvalue weighted by Crippen LogP contribution is 2.42. The van der Waals surface area contributed by atoms with E-state index in [1.54, 1.807) is 26.0 Å². The number of benzene rings is 2. The van der Waals surface area contributed by atoms with Crippen LogP contribution in [0.2, 0.25) is 0 Å². The number of nitrogens with zero attached hydrogens (tertiary/aromatic N) is 1. The van der Waals surface area contributed by atoms with Crippen molar-refractivity contribution in [1.82, 2.24) is 0 Å². The summed E-state index contributed by atoms with van der Waals surface area (Å²) in [6.07, 6.45) is -0.0310. The fourth-order valence-corrected chi connectivity index (χ4v) is 3.04. The number of ether oxygens (including phenoxy) is 2. The molecular weight excluding hydrogens is 336 g/mol.